The van der Waals surface area contributed by atoms with Crippen LogP contribution in [-0.2, 0) is 0 Å². The Morgan fingerprint density at radius 2 is 2.35 bits per heavy atom. The summed E-state index contributed by atoms with van der Waals surface area (Å²) >= 11 is 0. The second-order valence-electron chi connectivity index (χ2n) is 4.61. The third-order valence-electron chi connectivity index (χ3n) is 3.31. The molecule has 0 radical (unpaired) electrons. The second kappa shape index (κ2) is 5.96. The fourth-order valence-electron chi connectivity index (χ4n) is 2.43. The topological polar surface area (TPSA) is 41.0 Å². The monoisotopic (exact) mass is 234 g/mol. The van der Waals surface area contributed by atoms with Crippen molar-refractivity contribution in [2.24, 2.45) is 0 Å². The average molecular weight is 234 g/mol. The molecule has 0 spiro atoms. The Labute approximate surface area is 103 Å². The highest BCUT2D eigenvalue weighted by Gasteiger charge is 2.23. The maximum absolute atomic E-state index is 4.54. The van der Waals surface area contributed by atoms with Crippen LogP contribution < -0.4 is 10.2 Å². The molecular weight excluding hydrogens is 212 g/mol. The molecule has 1 fully saturated rings. The van der Waals surface area contributed by atoms with Crippen LogP contribution in [0.15, 0.2) is 12.3 Å². The first kappa shape index (κ1) is 12.3. The molecular formula is C13H22N4. The lowest BCUT2D eigenvalue weighted by molar-refractivity contribution is 0.436. The van der Waals surface area contributed by atoms with Gasteiger partial charge in [-0.1, -0.05) is 6.92 Å². The van der Waals surface area contributed by atoms with Crippen molar-refractivity contribution < 1.29 is 0 Å². The van der Waals surface area contributed by atoms with Crippen molar-refractivity contribution in [3.63, 3.8) is 0 Å². The summed E-state index contributed by atoms with van der Waals surface area (Å²) in [5, 5.41) is 3.45. The molecule has 1 aliphatic rings. The Balaban J connectivity index is 2.10. The minimum Gasteiger partial charge on any atom is -0.352 e. The summed E-state index contributed by atoms with van der Waals surface area (Å²) in [6.07, 6.45) is 5.72. The Bertz CT molecular complexity index is 353. The van der Waals surface area contributed by atoms with E-state index in [1.165, 1.54) is 19.3 Å². The van der Waals surface area contributed by atoms with Gasteiger partial charge in [0.1, 0.15) is 11.6 Å². The number of aromatic nitrogens is 2. The number of nitrogens with one attached hydrogen (secondary N) is 1. The van der Waals surface area contributed by atoms with Gasteiger partial charge >= 0.3 is 0 Å². The van der Waals surface area contributed by atoms with Crippen molar-refractivity contribution in [1.82, 2.24) is 15.3 Å². The van der Waals surface area contributed by atoms with Crippen molar-refractivity contribution in [2.45, 2.75) is 39.2 Å². The number of hydrogen-bond acceptors (Lipinski definition) is 4. The molecule has 4 heteroatoms. The summed E-state index contributed by atoms with van der Waals surface area (Å²) in [6.45, 7) is 7.31. The fraction of sp³-hybridized carbons (Fsp3) is 0.692. The Morgan fingerprint density at radius 1 is 1.47 bits per heavy atom. The number of nitrogens with zero attached hydrogens (tertiary/aromatic N) is 3. The predicted octanol–water partition coefficient (Wildman–Crippen LogP) is 1.75. The van der Waals surface area contributed by atoms with E-state index in [-0.39, 0.29) is 0 Å². The van der Waals surface area contributed by atoms with Crippen molar-refractivity contribution in [3.8, 4) is 0 Å². The zero-order chi connectivity index (χ0) is 12.1. The van der Waals surface area contributed by atoms with Gasteiger partial charge < -0.3 is 10.2 Å². The molecule has 0 aliphatic carbocycles. The molecule has 4 nitrogen and oxygen atoms in total. The molecule has 0 saturated carbocycles. The Hall–Kier alpha value is -1.16. The van der Waals surface area contributed by atoms with Gasteiger partial charge in [-0.05, 0) is 38.8 Å². The highest BCUT2D eigenvalue weighted by atomic mass is 15.2. The molecule has 1 aromatic heterocycles. The molecule has 2 rings (SSSR count). The second-order valence-corrected chi connectivity index (χ2v) is 4.61. The zero-order valence-corrected chi connectivity index (χ0v) is 10.8. The van der Waals surface area contributed by atoms with Crippen LogP contribution in [0.5, 0.6) is 0 Å². The highest BCUT2D eigenvalue weighted by molar-refractivity contribution is 5.39. The van der Waals surface area contributed by atoms with Crippen LogP contribution in [-0.4, -0.2) is 35.6 Å². The third-order valence-corrected chi connectivity index (χ3v) is 3.31. The quantitative estimate of drug-likeness (QED) is 0.862. The van der Waals surface area contributed by atoms with E-state index >= 15 is 0 Å². The molecule has 0 aromatic carbocycles. The summed E-state index contributed by atoms with van der Waals surface area (Å²) in [5.74, 6) is 1.94. The number of anilines is 1. The lowest BCUT2D eigenvalue weighted by Gasteiger charge is -2.36. The van der Waals surface area contributed by atoms with Crippen LogP contribution in [0.1, 0.15) is 32.0 Å². The first-order valence-electron chi connectivity index (χ1n) is 6.58. The van der Waals surface area contributed by atoms with E-state index in [4.69, 9.17) is 0 Å². The summed E-state index contributed by atoms with van der Waals surface area (Å²) in [6, 6.07) is 2.61. The van der Waals surface area contributed by atoms with Crippen molar-refractivity contribution in [1.29, 1.82) is 0 Å². The van der Waals surface area contributed by atoms with Crippen LogP contribution in [0.3, 0.4) is 0 Å². The molecule has 0 amide bonds. The standard InChI is InChI=1S/C13H22N4/c1-3-14-10-12-6-4-5-9-17(12)13-7-8-15-11(2)16-13/h7-8,12,14H,3-6,9-10H2,1-2H3. The van der Waals surface area contributed by atoms with Crippen LogP contribution in [0, 0.1) is 6.92 Å². The van der Waals surface area contributed by atoms with Crippen molar-refractivity contribution in [2.75, 3.05) is 24.5 Å². The lowest BCUT2D eigenvalue weighted by Crippen LogP contribution is -2.46. The van der Waals surface area contributed by atoms with Gasteiger partial charge in [0.15, 0.2) is 0 Å². The molecule has 1 atom stereocenters. The first-order valence-corrected chi connectivity index (χ1v) is 6.58. The summed E-state index contributed by atoms with van der Waals surface area (Å²) < 4.78 is 0. The van der Waals surface area contributed by atoms with E-state index < -0.39 is 0 Å². The van der Waals surface area contributed by atoms with Crippen LogP contribution in [0.2, 0.25) is 0 Å². The van der Waals surface area contributed by atoms with E-state index in [0.717, 1.165) is 31.3 Å². The minimum atomic E-state index is 0.581. The van der Waals surface area contributed by atoms with E-state index in [0.29, 0.717) is 6.04 Å². The van der Waals surface area contributed by atoms with Gasteiger partial charge in [0.05, 0.1) is 0 Å². The molecule has 1 aliphatic heterocycles. The normalized spacial score (nSPS) is 20.6. The van der Waals surface area contributed by atoms with E-state index in [2.05, 4.69) is 27.1 Å². The first-order chi connectivity index (χ1) is 8.31. The highest BCUT2D eigenvalue weighted by Crippen LogP contribution is 2.22. The Morgan fingerprint density at radius 3 is 3.12 bits per heavy atom. The number of piperidine rings is 1. The van der Waals surface area contributed by atoms with Gasteiger partial charge in [-0.15, -0.1) is 0 Å². The van der Waals surface area contributed by atoms with E-state index in [1.54, 1.807) is 0 Å². The summed E-state index contributed by atoms with van der Waals surface area (Å²) in [5.41, 5.74) is 0. The molecule has 94 valence electrons. The zero-order valence-electron chi connectivity index (χ0n) is 10.8. The molecule has 1 aromatic rings. The predicted molar refractivity (Wildman–Crippen MR) is 70.3 cm³/mol. The van der Waals surface area contributed by atoms with Crippen LogP contribution >= 0.6 is 0 Å². The molecule has 1 N–H and O–H groups in total. The largest absolute Gasteiger partial charge is 0.352 e. The van der Waals surface area contributed by atoms with Crippen LogP contribution in [0.25, 0.3) is 0 Å². The number of likely N-dealkylation sites (N-methyl/N-ethyl adjacent to an activating group) is 1. The molecule has 1 unspecified atom stereocenters. The Kier molecular flexibility index (Phi) is 4.31. The molecule has 17 heavy (non-hydrogen) atoms. The van der Waals surface area contributed by atoms with Gasteiger partial charge in [0.2, 0.25) is 0 Å². The fourth-order valence-corrected chi connectivity index (χ4v) is 2.43. The summed E-state index contributed by atoms with van der Waals surface area (Å²) in [7, 11) is 0. The third kappa shape index (κ3) is 3.16. The van der Waals surface area contributed by atoms with E-state index in [1.807, 2.05) is 19.2 Å². The van der Waals surface area contributed by atoms with Gasteiger partial charge in [-0.2, -0.15) is 0 Å². The van der Waals surface area contributed by atoms with E-state index in [9.17, 15) is 0 Å². The molecule has 0 bridgehead atoms. The number of hydrogen-bond donors (Lipinski definition) is 1. The van der Waals surface area contributed by atoms with Crippen LogP contribution in [0.4, 0.5) is 5.82 Å². The smallest absolute Gasteiger partial charge is 0.132 e. The average Bonchev–Trinajstić information content (AvgIpc) is 2.37. The maximum Gasteiger partial charge on any atom is 0.132 e. The van der Waals surface area contributed by atoms with Gasteiger partial charge in [-0.3, -0.25) is 0 Å². The van der Waals surface area contributed by atoms with Gasteiger partial charge in [0.25, 0.3) is 0 Å². The van der Waals surface area contributed by atoms with Gasteiger partial charge in [-0.25, -0.2) is 9.97 Å². The molecule has 2 heterocycles. The molecule has 1 saturated heterocycles. The van der Waals surface area contributed by atoms with Crippen molar-refractivity contribution in [3.05, 3.63) is 18.1 Å². The number of aryl methyl sites for hydroxylation is 1. The number of rotatable bonds is 4. The maximum atomic E-state index is 4.54. The van der Waals surface area contributed by atoms with Crippen molar-refractivity contribution >= 4 is 5.82 Å². The lowest BCUT2D eigenvalue weighted by atomic mass is 10.0. The van der Waals surface area contributed by atoms with Gasteiger partial charge in [0, 0.05) is 25.3 Å². The summed E-state index contributed by atoms with van der Waals surface area (Å²) in [4.78, 5) is 11.1. The SMILES string of the molecule is CCNCC1CCCCN1c1ccnc(C)n1. The minimum absolute atomic E-state index is 0.581.